The van der Waals surface area contributed by atoms with Gasteiger partial charge < -0.3 is 20.4 Å². The fourth-order valence-corrected chi connectivity index (χ4v) is 3.80. The monoisotopic (exact) mass is 695 g/mol. The number of nitrogens with zero attached hydrogens (tertiary/aromatic N) is 6. The normalized spacial score (nSPS) is 10.0. The van der Waals surface area contributed by atoms with Gasteiger partial charge in [-0.3, -0.25) is 34.4 Å². The molecule has 0 aliphatic rings. The summed E-state index contributed by atoms with van der Waals surface area (Å²) in [6.45, 7) is 12.6. The lowest BCUT2D eigenvalue weighted by Gasteiger charge is -2.19. The van der Waals surface area contributed by atoms with Crippen LogP contribution in [0.1, 0.15) is 43.5 Å². The SMILES string of the molecule is CCN(CC)CC.O=C(O)CBr.O=C(O)CN(Cc1ccccn1)Cc1ccccn1.c1ccc(CNCc2ccccn2)nc1. The molecule has 4 aromatic heterocycles. The van der Waals surface area contributed by atoms with Gasteiger partial charge in [0.25, 0.3) is 0 Å². The maximum atomic E-state index is 10.9. The van der Waals surface area contributed by atoms with Crippen molar-refractivity contribution in [2.45, 2.75) is 47.0 Å². The van der Waals surface area contributed by atoms with Gasteiger partial charge >= 0.3 is 11.9 Å². The molecule has 4 heterocycles. The van der Waals surface area contributed by atoms with Crippen LogP contribution in [-0.2, 0) is 35.8 Å². The molecule has 3 N–H and O–H groups in total. The number of halogens is 1. The molecular formula is C34H46BrN7O4. The van der Waals surface area contributed by atoms with Gasteiger partial charge in [-0.25, -0.2) is 0 Å². The minimum Gasteiger partial charge on any atom is -0.481 e. The number of carbonyl (C=O) groups is 2. The molecular weight excluding hydrogens is 650 g/mol. The molecule has 12 heteroatoms. The predicted octanol–water partition coefficient (Wildman–Crippen LogP) is 5.14. The summed E-state index contributed by atoms with van der Waals surface area (Å²) in [6.07, 6.45) is 7.01. The second-order valence-electron chi connectivity index (χ2n) is 9.57. The zero-order chi connectivity index (χ0) is 33.8. The summed E-state index contributed by atoms with van der Waals surface area (Å²) in [5.74, 6) is -1.68. The standard InChI is InChI=1S/C14H15N3O2.C12H13N3.C6H15N.C2H3BrO2/c18-14(19)11-17(9-12-5-1-3-7-15-12)10-13-6-2-4-8-16-13;1-3-7-14-11(5-1)9-13-10-12-6-2-4-8-15-12;1-4-7(5-2)6-3;3-1-2(4)5/h1-8H,9-11H2,(H,18,19);1-8,13H,9-10H2;4-6H2,1-3H3;1H2,(H,4,5). The van der Waals surface area contributed by atoms with Gasteiger partial charge in [0.1, 0.15) is 5.33 Å². The van der Waals surface area contributed by atoms with Crippen LogP contribution in [0.4, 0.5) is 0 Å². The molecule has 248 valence electrons. The molecule has 0 atom stereocenters. The largest absolute Gasteiger partial charge is 0.481 e. The molecule has 0 saturated heterocycles. The van der Waals surface area contributed by atoms with Crippen LogP contribution in [0.5, 0.6) is 0 Å². The first-order valence-corrected chi connectivity index (χ1v) is 16.2. The van der Waals surface area contributed by atoms with Crippen molar-refractivity contribution in [2.75, 3.05) is 31.5 Å². The van der Waals surface area contributed by atoms with E-state index in [2.05, 4.69) is 66.9 Å². The molecule has 46 heavy (non-hydrogen) atoms. The molecule has 0 fully saturated rings. The Morgan fingerprint density at radius 1 is 0.609 bits per heavy atom. The summed E-state index contributed by atoms with van der Waals surface area (Å²) in [6, 6.07) is 23.1. The number of nitrogens with one attached hydrogen (secondary N) is 1. The lowest BCUT2D eigenvalue weighted by Crippen LogP contribution is -2.29. The summed E-state index contributed by atoms with van der Waals surface area (Å²) in [7, 11) is 0. The van der Waals surface area contributed by atoms with Gasteiger partial charge in [-0.05, 0) is 68.2 Å². The van der Waals surface area contributed by atoms with E-state index in [4.69, 9.17) is 10.2 Å². The molecule has 4 rings (SSSR count). The van der Waals surface area contributed by atoms with E-state index in [9.17, 15) is 9.59 Å². The van der Waals surface area contributed by atoms with E-state index in [0.717, 1.165) is 35.9 Å². The van der Waals surface area contributed by atoms with Crippen molar-refractivity contribution in [1.29, 1.82) is 0 Å². The number of carboxylic acids is 2. The molecule has 0 aliphatic carbocycles. The predicted molar refractivity (Wildman–Crippen MR) is 184 cm³/mol. The number of rotatable bonds is 14. The van der Waals surface area contributed by atoms with Gasteiger partial charge in [-0.2, -0.15) is 0 Å². The average molecular weight is 697 g/mol. The minimum absolute atomic E-state index is 0.0346. The van der Waals surface area contributed by atoms with Crippen LogP contribution in [0, 0.1) is 0 Å². The van der Waals surface area contributed by atoms with Gasteiger partial charge in [-0.15, -0.1) is 0 Å². The van der Waals surface area contributed by atoms with Crippen LogP contribution in [0.25, 0.3) is 0 Å². The van der Waals surface area contributed by atoms with Crippen LogP contribution < -0.4 is 5.32 Å². The number of hydrogen-bond acceptors (Lipinski definition) is 9. The Morgan fingerprint density at radius 2 is 0.957 bits per heavy atom. The molecule has 0 radical (unpaired) electrons. The summed E-state index contributed by atoms with van der Waals surface area (Å²) in [4.78, 5) is 41.3. The summed E-state index contributed by atoms with van der Waals surface area (Å²) < 4.78 is 0. The highest BCUT2D eigenvalue weighted by Gasteiger charge is 2.12. The first-order chi connectivity index (χ1) is 22.3. The van der Waals surface area contributed by atoms with Crippen molar-refractivity contribution in [3.63, 3.8) is 0 Å². The third-order valence-electron chi connectivity index (χ3n) is 6.10. The number of aliphatic carboxylic acids is 2. The Labute approximate surface area is 280 Å². The van der Waals surface area contributed by atoms with Crippen molar-refractivity contribution >= 4 is 27.9 Å². The van der Waals surface area contributed by atoms with Crippen molar-refractivity contribution in [3.05, 3.63) is 120 Å². The molecule has 0 saturated carbocycles. The number of pyridine rings is 4. The zero-order valence-corrected chi connectivity index (χ0v) is 28.5. The Balaban J connectivity index is 0.000000347. The van der Waals surface area contributed by atoms with Gasteiger partial charge in [0.05, 0.1) is 29.3 Å². The molecule has 0 spiro atoms. The third-order valence-corrected chi connectivity index (χ3v) is 6.58. The molecule has 0 unspecified atom stereocenters. The lowest BCUT2D eigenvalue weighted by atomic mass is 10.3. The zero-order valence-electron chi connectivity index (χ0n) is 26.9. The average Bonchev–Trinajstić information content (AvgIpc) is 3.08. The highest BCUT2D eigenvalue weighted by Crippen LogP contribution is 2.06. The fraction of sp³-hybridized carbons (Fsp3) is 0.353. The molecule has 0 aliphatic heterocycles. The first kappa shape index (κ1) is 39.9. The van der Waals surface area contributed by atoms with Crippen LogP contribution in [-0.4, -0.2) is 83.4 Å². The second kappa shape index (κ2) is 26.1. The minimum atomic E-state index is -0.855. The molecule has 0 aromatic carbocycles. The third kappa shape index (κ3) is 20.8. The molecule has 0 bridgehead atoms. The molecule has 0 amide bonds. The van der Waals surface area contributed by atoms with Gasteiger partial charge in [0.2, 0.25) is 0 Å². The molecule has 4 aromatic rings. The summed E-state index contributed by atoms with van der Waals surface area (Å²) in [5.41, 5.74) is 3.79. The highest BCUT2D eigenvalue weighted by atomic mass is 79.9. The van der Waals surface area contributed by atoms with Crippen molar-refractivity contribution < 1.29 is 19.8 Å². The van der Waals surface area contributed by atoms with E-state index in [1.54, 1.807) is 29.7 Å². The molecule has 11 nitrogen and oxygen atoms in total. The van der Waals surface area contributed by atoms with Crippen LogP contribution in [0.15, 0.2) is 97.6 Å². The number of carboxylic acid groups (broad SMARTS) is 2. The van der Waals surface area contributed by atoms with Gasteiger partial charge in [0.15, 0.2) is 0 Å². The van der Waals surface area contributed by atoms with Crippen molar-refractivity contribution in [1.82, 2.24) is 35.1 Å². The van der Waals surface area contributed by atoms with E-state index in [1.807, 2.05) is 72.8 Å². The van der Waals surface area contributed by atoms with E-state index < -0.39 is 11.9 Å². The number of hydrogen-bond donors (Lipinski definition) is 3. The Morgan fingerprint density at radius 3 is 1.20 bits per heavy atom. The van der Waals surface area contributed by atoms with Crippen LogP contribution in [0.2, 0.25) is 0 Å². The van der Waals surface area contributed by atoms with E-state index in [1.165, 1.54) is 19.6 Å². The first-order valence-electron chi connectivity index (χ1n) is 15.1. The second-order valence-corrected chi connectivity index (χ2v) is 10.1. The summed E-state index contributed by atoms with van der Waals surface area (Å²) >= 11 is 2.71. The van der Waals surface area contributed by atoms with Crippen LogP contribution in [0.3, 0.4) is 0 Å². The van der Waals surface area contributed by atoms with E-state index >= 15 is 0 Å². The van der Waals surface area contributed by atoms with E-state index in [0.29, 0.717) is 13.1 Å². The Kier molecular flexibility index (Phi) is 22.7. The Bertz CT molecular complexity index is 1220. The topological polar surface area (TPSA) is 145 Å². The Hall–Kier alpha value is -4.10. The number of alkyl halides is 1. The van der Waals surface area contributed by atoms with E-state index in [-0.39, 0.29) is 11.9 Å². The smallest absolute Gasteiger partial charge is 0.317 e. The number of aromatic nitrogens is 4. The lowest BCUT2D eigenvalue weighted by molar-refractivity contribution is -0.138. The maximum absolute atomic E-state index is 10.9. The van der Waals surface area contributed by atoms with Gasteiger partial charge in [0, 0.05) is 51.0 Å². The fourth-order valence-electron chi connectivity index (χ4n) is 3.80. The summed E-state index contributed by atoms with van der Waals surface area (Å²) in [5, 5.41) is 20.0. The van der Waals surface area contributed by atoms with Crippen molar-refractivity contribution in [2.24, 2.45) is 0 Å². The van der Waals surface area contributed by atoms with Gasteiger partial charge in [-0.1, -0.05) is 61.0 Å². The van der Waals surface area contributed by atoms with Crippen LogP contribution >= 0.6 is 15.9 Å². The highest BCUT2D eigenvalue weighted by molar-refractivity contribution is 9.09. The maximum Gasteiger partial charge on any atom is 0.317 e. The van der Waals surface area contributed by atoms with Crippen molar-refractivity contribution in [3.8, 4) is 0 Å². The quantitative estimate of drug-likeness (QED) is 0.151.